The Bertz CT molecular complexity index is 1020. The molecule has 7 nitrogen and oxygen atoms in total. The molecule has 2 aromatic rings. The minimum absolute atomic E-state index is 0.00623. The van der Waals surface area contributed by atoms with Crippen LogP contribution in [0.1, 0.15) is 13.8 Å². The zero-order chi connectivity index (χ0) is 24.6. The second-order valence-electron chi connectivity index (χ2n) is 7.26. The van der Waals surface area contributed by atoms with Crippen LogP contribution in [0.3, 0.4) is 0 Å². The third-order valence-corrected chi connectivity index (χ3v) is 6.97. The van der Waals surface area contributed by atoms with Crippen LogP contribution in [0.5, 0.6) is 11.5 Å². The maximum absolute atomic E-state index is 13.1. The number of esters is 1. The van der Waals surface area contributed by atoms with Crippen LogP contribution in [-0.2, 0) is 24.1 Å². The summed E-state index contributed by atoms with van der Waals surface area (Å²) in [5, 5.41) is -0.0198. The van der Waals surface area contributed by atoms with Gasteiger partial charge in [0.25, 0.3) is 0 Å². The molecule has 2 atom stereocenters. The highest BCUT2D eigenvalue weighted by Crippen LogP contribution is 2.37. The molecule has 0 saturated carbocycles. The lowest BCUT2D eigenvalue weighted by Crippen LogP contribution is -2.25. The SMILES string of the molecule is COC[C@@H](C)COc1ccc(S(=O)(=O)c2cc(Cl)c(OC[C@@H](CCl)OC(C)=O)c(Cl)c2)cc1. The molecule has 0 radical (unpaired) electrons. The summed E-state index contributed by atoms with van der Waals surface area (Å²) in [5.41, 5.74) is 0. The van der Waals surface area contributed by atoms with E-state index in [1.165, 1.54) is 31.2 Å². The van der Waals surface area contributed by atoms with E-state index in [-0.39, 0.29) is 44.0 Å². The minimum atomic E-state index is -3.90. The highest BCUT2D eigenvalue weighted by atomic mass is 35.5. The molecule has 0 aliphatic heterocycles. The average Bonchev–Trinajstić information content (AvgIpc) is 2.76. The molecule has 33 heavy (non-hydrogen) atoms. The summed E-state index contributed by atoms with van der Waals surface area (Å²) in [6.45, 7) is 4.13. The van der Waals surface area contributed by atoms with Crippen LogP contribution in [0.4, 0.5) is 0 Å². The molecule has 0 aromatic heterocycles. The summed E-state index contributed by atoms with van der Waals surface area (Å²) in [7, 11) is -2.28. The number of halogens is 3. The van der Waals surface area contributed by atoms with Crippen LogP contribution in [0.25, 0.3) is 0 Å². The van der Waals surface area contributed by atoms with Crippen molar-refractivity contribution in [3.05, 3.63) is 46.4 Å². The van der Waals surface area contributed by atoms with Gasteiger partial charge in [0.1, 0.15) is 18.5 Å². The molecule has 2 rings (SSSR count). The number of rotatable bonds is 12. The fraction of sp³-hybridized carbons (Fsp3) is 0.409. The van der Waals surface area contributed by atoms with Crippen LogP contribution in [-0.4, -0.2) is 53.3 Å². The molecular weight excluding hydrogens is 515 g/mol. The lowest BCUT2D eigenvalue weighted by Gasteiger charge is -2.17. The molecule has 0 amide bonds. The van der Waals surface area contributed by atoms with Crippen LogP contribution in [0, 0.1) is 5.92 Å². The number of carbonyl (C=O) groups excluding carboxylic acids is 1. The summed E-state index contributed by atoms with van der Waals surface area (Å²) in [6.07, 6.45) is -0.710. The smallest absolute Gasteiger partial charge is 0.303 e. The monoisotopic (exact) mass is 538 g/mol. The summed E-state index contributed by atoms with van der Waals surface area (Å²) in [6, 6.07) is 8.54. The molecule has 0 bridgehead atoms. The van der Waals surface area contributed by atoms with Gasteiger partial charge in [0.2, 0.25) is 9.84 Å². The van der Waals surface area contributed by atoms with Crippen molar-refractivity contribution in [3.8, 4) is 11.5 Å². The normalized spacial score (nSPS) is 13.3. The van der Waals surface area contributed by atoms with Gasteiger partial charge in [-0.15, -0.1) is 11.6 Å². The third-order valence-electron chi connectivity index (χ3n) is 4.32. The van der Waals surface area contributed by atoms with Gasteiger partial charge in [0.15, 0.2) is 5.75 Å². The molecule has 182 valence electrons. The maximum Gasteiger partial charge on any atom is 0.303 e. The fourth-order valence-corrected chi connectivity index (χ4v) is 4.96. The zero-order valence-electron chi connectivity index (χ0n) is 18.3. The van der Waals surface area contributed by atoms with E-state index in [0.717, 1.165) is 0 Å². The van der Waals surface area contributed by atoms with E-state index in [4.69, 9.17) is 53.8 Å². The molecule has 0 aliphatic rings. The van der Waals surface area contributed by atoms with Gasteiger partial charge >= 0.3 is 5.97 Å². The van der Waals surface area contributed by atoms with E-state index in [1.807, 2.05) is 6.92 Å². The summed E-state index contributed by atoms with van der Waals surface area (Å²) in [4.78, 5) is 11.1. The topological polar surface area (TPSA) is 88.1 Å². The number of ether oxygens (including phenoxy) is 4. The highest BCUT2D eigenvalue weighted by Gasteiger charge is 2.22. The number of benzene rings is 2. The van der Waals surface area contributed by atoms with Gasteiger partial charge in [-0.2, -0.15) is 0 Å². The van der Waals surface area contributed by atoms with Crippen LogP contribution < -0.4 is 9.47 Å². The summed E-state index contributed by atoms with van der Waals surface area (Å²) >= 11 is 18.2. The molecule has 0 N–H and O–H groups in total. The Balaban J connectivity index is 2.16. The van der Waals surface area contributed by atoms with Crippen LogP contribution >= 0.6 is 34.8 Å². The lowest BCUT2D eigenvalue weighted by atomic mass is 10.2. The molecule has 0 fully saturated rings. The quantitative estimate of drug-likeness (QED) is 0.276. The van der Waals surface area contributed by atoms with Gasteiger partial charge in [-0.05, 0) is 36.4 Å². The standard InChI is InChI=1S/C22H25Cl3O7S/c1-14(11-29-3)12-30-16-4-6-18(7-5-16)33(27,28)19-8-20(24)22(21(25)9-19)31-13-17(10-23)32-15(2)26/h4-9,14,17H,10-13H2,1-3H3/t14-,17-/m1/s1. The highest BCUT2D eigenvalue weighted by molar-refractivity contribution is 7.91. The van der Waals surface area contributed by atoms with Gasteiger partial charge < -0.3 is 18.9 Å². The zero-order valence-corrected chi connectivity index (χ0v) is 21.4. The van der Waals surface area contributed by atoms with Crippen LogP contribution in [0.2, 0.25) is 10.0 Å². The maximum atomic E-state index is 13.1. The van der Waals surface area contributed by atoms with Crippen molar-refractivity contribution in [2.75, 3.05) is 32.8 Å². The van der Waals surface area contributed by atoms with E-state index in [2.05, 4.69) is 0 Å². The van der Waals surface area contributed by atoms with Crippen LogP contribution in [0.15, 0.2) is 46.2 Å². The lowest BCUT2D eigenvalue weighted by molar-refractivity contribution is -0.146. The molecular formula is C22H25Cl3O7S. The van der Waals surface area contributed by atoms with E-state index < -0.39 is 21.9 Å². The van der Waals surface area contributed by atoms with Crippen molar-refractivity contribution in [2.24, 2.45) is 5.92 Å². The van der Waals surface area contributed by atoms with Gasteiger partial charge in [0.05, 0.1) is 38.9 Å². The first-order valence-corrected chi connectivity index (χ1v) is 12.7. The first-order chi connectivity index (χ1) is 15.6. The van der Waals surface area contributed by atoms with Crippen molar-refractivity contribution in [1.82, 2.24) is 0 Å². The Kier molecular flexibility index (Phi) is 10.6. The molecule has 0 saturated heterocycles. The number of hydrogen-bond donors (Lipinski definition) is 0. The largest absolute Gasteiger partial charge is 0.493 e. The number of sulfone groups is 1. The minimum Gasteiger partial charge on any atom is -0.493 e. The van der Waals surface area contributed by atoms with E-state index >= 15 is 0 Å². The predicted molar refractivity (Wildman–Crippen MR) is 127 cm³/mol. The van der Waals surface area contributed by atoms with Crippen molar-refractivity contribution in [2.45, 2.75) is 29.7 Å². The van der Waals surface area contributed by atoms with Gasteiger partial charge in [-0.1, -0.05) is 30.1 Å². The number of hydrogen-bond acceptors (Lipinski definition) is 7. The number of methoxy groups -OCH3 is 1. The van der Waals surface area contributed by atoms with E-state index in [0.29, 0.717) is 19.0 Å². The Hall–Kier alpha value is -1.71. The van der Waals surface area contributed by atoms with Crippen molar-refractivity contribution >= 4 is 50.6 Å². The van der Waals surface area contributed by atoms with Gasteiger partial charge in [-0.25, -0.2) is 8.42 Å². The molecule has 0 heterocycles. The van der Waals surface area contributed by atoms with Crippen molar-refractivity contribution in [1.29, 1.82) is 0 Å². The molecule has 0 aliphatic carbocycles. The molecule has 0 unspecified atom stereocenters. The molecule has 2 aromatic carbocycles. The fourth-order valence-electron chi connectivity index (χ4n) is 2.77. The Morgan fingerprint density at radius 2 is 1.58 bits per heavy atom. The van der Waals surface area contributed by atoms with Crippen molar-refractivity contribution < 1.29 is 32.2 Å². The Morgan fingerprint density at radius 3 is 2.09 bits per heavy atom. The van der Waals surface area contributed by atoms with E-state index in [9.17, 15) is 13.2 Å². The van der Waals surface area contributed by atoms with E-state index in [1.54, 1.807) is 19.2 Å². The first-order valence-electron chi connectivity index (χ1n) is 9.90. The summed E-state index contributed by atoms with van der Waals surface area (Å²) < 4.78 is 47.4. The second kappa shape index (κ2) is 12.7. The van der Waals surface area contributed by atoms with Gasteiger partial charge in [-0.3, -0.25) is 4.79 Å². The Morgan fingerprint density at radius 1 is 0.970 bits per heavy atom. The summed E-state index contributed by atoms with van der Waals surface area (Å²) in [5.74, 6) is 0.291. The molecule has 0 spiro atoms. The van der Waals surface area contributed by atoms with Gasteiger partial charge in [0, 0.05) is 20.0 Å². The number of alkyl halides is 1. The third kappa shape index (κ3) is 7.93. The second-order valence-corrected chi connectivity index (χ2v) is 10.3. The first kappa shape index (κ1) is 27.5. The average molecular weight is 540 g/mol. The number of carbonyl (C=O) groups is 1. The Labute approximate surface area is 208 Å². The van der Waals surface area contributed by atoms with Crippen molar-refractivity contribution in [3.63, 3.8) is 0 Å². The molecule has 11 heteroatoms. The predicted octanol–water partition coefficient (Wildman–Crippen LogP) is 5.04.